The number of carbonyl (C=O) groups excluding carboxylic acids is 1. The average Bonchev–Trinajstić information content (AvgIpc) is 2.86. The molecule has 2 heterocycles. The van der Waals surface area contributed by atoms with E-state index >= 15 is 0 Å². The zero-order valence-corrected chi connectivity index (χ0v) is 11.3. The van der Waals surface area contributed by atoms with Crippen molar-refractivity contribution in [3.63, 3.8) is 0 Å². The van der Waals surface area contributed by atoms with Gasteiger partial charge in [0.25, 0.3) is 0 Å². The van der Waals surface area contributed by atoms with Crippen molar-refractivity contribution in [3.8, 4) is 0 Å². The van der Waals surface area contributed by atoms with Crippen LogP contribution in [0, 0.1) is 5.92 Å². The fraction of sp³-hybridized carbons (Fsp3) is 0.667. The first-order chi connectivity index (χ1) is 8.08. The molecule has 1 aromatic rings. The molecule has 1 aliphatic rings. The molecule has 1 aliphatic heterocycles. The number of hydrogen-bond donors (Lipinski definition) is 2. The summed E-state index contributed by atoms with van der Waals surface area (Å²) < 4.78 is 0. The first-order valence-electron chi connectivity index (χ1n) is 6.07. The third-order valence-electron chi connectivity index (χ3n) is 3.21. The highest BCUT2D eigenvalue weighted by Gasteiger charge is 2.29. The second-order valence-electron chi connectivity index (χ2n) is 4.86. The number of nitrogens with one attached hydrogen (secondary N) is 2. The van der Waals surface area contributed by atoms with Crippen LogP contribution in [0.5, 0.6) is 0 Å². The van der Waals surface area contributed by atoms with Crippen LogP contribution in [0.2, 0.25) is 0 Å². The van der Waals surface area contributed by atoms with E-state index in [1.54, 1.807) is 0 Å². The van der Waals surface area contributed by atoms with Gasteiger partial charge in [-0.1, -0.05) is 13.8 Å². The molecule has 0 spiro atoms. The molecule has 0 aliphatic carbocycles. The number of thiazole rings is 1. The molecule has 2 rings (SSSR count). The van der Waals surface area contributed by atoms with Crippen molar-refractivity contribution in [3.05, 3.63) is 11.1 Å². The first-order valence-corrected chi connectivity index (χ1v) is 6.95. The lowest BCUT2D eigenvalue weighted by Gasteiger charge is -2.13. The van der Waals surface area contributed by atoms with Gasteiger partial charge in [-0.05, 0) is 25.8 Å². The summed E-state index contributed by atoms with van der Waals surface area (Å²) in [6.45, 7) is 7.18. The molecule has 94 valence electrons. The van der Waals surface area contributed by atoms with Crippen LogP contribution in [0.4, 0.5) is 5.13 Å². The first kappa shape index (κ1) is 12.5. The van der Waals surface area contributed by atoms with Crippen LogP contribution in [-0.4, -0.2) is 23.5 Å². The van der Waals surface area contributed by atoms with Gasteiger partial charge in [0, 0.05) is 11.4 Å². The van der Waals surface area contributed by atoms with Crippen molar-refractivity contribution >= 4 is 22.4 Å². The number of rotatable bonds is 3. The number of anilines is 1. The Morgan fingerprint density at radius 2 is 2.41 bits per heavy atom. The van der Waals surface area contributed by atoms with Gasteiger partial charge >= 0.3 is 0 Å². The summed E-state index contributed by atoms with van der Waals surface area (Å²) in [7, 11) is 0. The Kier molecular flexibility index (Phi) is 3.79. The minimum atomic E-state index is 0.0707. The Labute approximate surface area is 106 Å². The van der Waals surface area contributed by atoms with Gasteiger partial charge in [0.2, 0.25) is 5.91 Å². The van der Waals surface area contributed by atoms with Gasteiger partial charge in [0.15, 0.2) is 5.13 Å². The van der Waals surface area contributed by atoms with Crippen LogP contribution in [0.3, 0.4) is 0 Å². The molecule has 2 atom stereocenters. The van der Waals surface area contributed by atoms with Crippen LogP contribution in [0.25, 0.3) is 0 Å². The van der Waals surface area contributed by atoms with Gasteiger partial charge in [0.05, 0.1) is 11.6 Å². The molecule has 1 fully saturated rings. The Morgan fingerprint density at radius 1 is 1.65 bits per heavy atom. The van der Waals surface area contributed by atoms with Crippen LogP contribution >= 0.6 is 11.3 Å². The maximum Gasteiger partial charge on any atom is 0.230 e. The molecule has 2 N–H and O–H groups in total. The quantitative estimate of drug-likeness (QED) is 0.868. The van der Waals surface area contributed by atoms with Crippen LogP contribution in [0.1, 0.15) is 38.8 Å². The molecule has 0 aromatic carbocycles. The molecule has 1 amide bonds. The molecular formula is C12H19N3OS. The van der Waals surface area contributed by atoms with E-state index in [-0.39, 0.29) is 17.9 Å². The Bertz CT molecular complexity index is 402. The van der Waals surface area contributed by atoms with Crippen molar-refractivity contribution in [1.29, 1.82) is 0 Å². The predicted octanol–water partition coefficient (Wildman–Crippen LogP) is 2.20. The SMILES string of the molecule is CC(C)c1csc(NC(=O)C2CCNC2C)n1. The summed E-state index contributed by atoms with van der Waals surface area (Å²) in [6.07, 6.45) is 0.912. The number of carbonyl (C=O) groups is 1. The molecule has 1 saturated heterocycles. The van der Waals surface area contributed by atoms with Crippen LogP contribution < -0.4 is 10.6 Å². The maximum absolute atomic E-state index is 12.0. The lowest BCUT2D eigenvalue weighted by atomic mass is 10.0. The van der Waals surface area contributed by atoms with Crippen molar-refractivity contribution in [1.82, 2.24) is 10.3 Å². The van der Waals surface area contributed by atoms with Gasteiger partial charge < -0.3 is 10.6 Å². The summed E-state index contributed by atoms with van der Waals surface area (Å²) >= 11 is 1.50. The molecule has 4 nitrogen and oxygen atoms in total. The fourth-order valence-corrected chi connectivity index (χ4v) is 2.90. The molecule has 0 bridgehead atoms. The van der Waals surface area contributed by atoms with E-state index in [0.717, 1.165) is 23.8 Å². The Hall–Kier alpha value is -0.940. The summed E-state index contributed by atoms with van der Waals surface area (Å²) in [5, 5.41) is 8.93. The summed E-state index contributed by atoms with van der Waals surface area (Å²) in [5.74, 6) is 0.567. The highest BCUT2D eigenvalue weighted by atomic mass is 32.1. The van der Waals surface area contributed by atoms with Gasteiger partial charge in [-0.2, -0.15) is 0 Å². The van der Waals surface area contributed by atoms with Crippen LogP contribution in [-0.2, 0) is 4.79 Å². The largest absolute Gasteiger partial charge is 0.313 e. The highest BCUT2D eigenvalue weighted by Crippen LogP contribution is 2.23. The summed E-state index contributed by atoms with van der Waals surface area (Å²) in [5.41, 5.74) is 1.04. The fourth-order valence-electron chi connectivity index (χ4n) is 2.02. The van der Waals surface area contributed by atoms with E-state index in [1.807, 2.05) is 5.38 Å². The topological polar surface area (TPSA) is 54.0 Å². The van der Waals surface area contributed by atoms with Crippen molar-refractivity contribution < 1.29 is 4.79 Å². The number of amides is 1. The van der Waals surface area contributed by atoms with Gasteiger partial charge in [-0.15, -0.1) is 11.3 Å². The van der Waals surface area contributed by atoms with E-state index in [0.29, 0.717) is 5.92 Å². The minimum Gasteiger partial charge on any atom is -0.313 e. The summed E-state index contributed by atoms with van der Waals surface area (Å²) in [4.78, 5) is 16.4. The molecule has 0 radical (unpaired) electrons. The van der Waals surface area contributed by atoms with E-state index in [4.69, 9.17) is 0 Å². The van der Waals surface area contributed by atoms with Crippen molar-refractivity contribution in [2.24, 2.45) is 5.92 Å². The predicted molar refractivity (Wildman–Crippen MR) is 70.4 cm³/mol. The van der Waals surface area contributed by atoms with Gasteiger partial charge in [-0.3, -0.25) is 4.79 Å². The monoisotopic (exact) mass is 253 g/mol. The molecule has 0 saturated carbocycles. The molecular weight excluding hydrogens is 234 g/mol. The molecule has 5 heteroatoms. The number of nitrogens with zero attached hydrogens (tertiary/aromatic N) is 1. The lowest BCUT2D eigenvalue weighted by Crippen LogP contribution is -2.32. The van der Waals surface area contributed by atoms with Gasteiger partial charge in [-0.25, -0.2) is 4.98 Å². The average molecular weight is 253 g/mol. The molecule has 1 aromatic heterocycles. The maximum atomic E-state index is 12.0. The van der Waals surface area contributed by atoms with E-state index in [1.165, 1.54) is 11.3 Å². The molecule has 17 heavy (non-hydrogen) atoms. The smallest absolute Gasteiger partial charge is 0.230 e. The molecule has 2 unspecified atom stereocenters. The second kappa shape index (κ2) is 5.14. The van der Waals surface area contributed by atoms with Gasteiger partial charge in [0.1, 0.15) is 0 Å². The highest BCUT2D eigenvalue weighted by molar-refractivity contribution is 7.13. The standard InChI is InChI=1S/C12H19N3OS/c1-7(2)10-6-17-12(14-10)15-11(16)9-4-5-13-8(9)3/h6-9,13H,4-5H2,1-3H3,(H,14,15,16). The normalized spacial score (nSPS) is 24.2. The van der Waals surface area contributed by atoms with E-state index in [2.05, 4.69) is 36.4 Å². The van der Waals surface area contributed by atoms with Crippen LogP contribution in [0.15, 0.2) is 5.38 Å². The number of hydrogen-bond acceptors (Lipinski definition) is 4. The van der Waals surface area contributed by atoms with Crippen molar-refractivity contribution in [2.75, 3.05) is 11.9 Å². The Morgan fingerprint density at radius 3 is 2.94 bits per heavy atom. The number of aromatic nitrogens is 1. The third kappa shape index (κ3) is 2.84. The Balaban J connectivity index is 1.97. The summed E-state index contributed by atoms with van der Waals surface area (Å²) in [6, 6.07) is 0.263. The second-order valence-corrected chi connectivity index (χ2v) is 5.72. The zero-order chi connectivity index (χ0) is 12.4. The van der Waals surface area contributed by atoms with Crippen molar-refractivity contribution in [2.45, 2.75) is 39.2 Å². The minimum absolute atomic E-state index is 0.0707. The van der Waals surface area contributed by atoms with E-state index < -0.39 is 0 Å². The third-order valence-corrected chi connectivity index (χ3v) is 3.98. The lowest BCUT2D eigenvalue weighted by molar-refractivity contribution is -0.119. The van der Waals surface area contributed by atoms with E-state index in [9.17, 15) is 4.79 Å². The zero-order valence-electron chi connectivity index (χ0n) is 10.5.